The van der Waals surface area contributed by atoms with E-state index >= 15 is 0 Å². The number of carbonyl (C=O) groups excluding carboxylic acids is 1. The van der Waals surface area contributed by atoms with Gasteiger partial charge in [-0.25, -0.2) is 13.1 Å². The number of benzene rings is 1. The highest BCUT2D eigenvalue weighted by Gasteiger charge is 2.18. The zero-order valence-electron chi connectivity index (χ0n) is 14.6. The van der Waals surface area contributed by atoms with Crippen molar-refractivity contribution in [1.29, 1.82) is 0 Å². The lowest BCUT2D eigenvalue weighted by Crippen LogP contribution is -2.39. The topological polar surface area (TPSA) is 66.5 Å². The normalized spacial score (nSPS) is 11.7. The van der Waals surface area contributed by atoms with Crippen LogP contribution in [0.4, 0.5) is 0 Å². The first-order chi connectivity index (χ1) is 11.3. The lowest BCUT2D eigenvalue weighted by molar-refractivity contribution is -0.132. The number of nitrogens with one attached hydrogen (secondary N) is 1. The molecule has 0 saturated heterocycles. The largest absolute Gasteiger partial charge is 0.340 e. The summed E-state index contributed by atoms with van der Waals surface area (Å²) < 4.78 is 26.8. The van der Waals surface area contributed by atoms with Crippen molar-refractivity contribution in [2.24, 2.45) is 0 Å². The molecule has 0 saturated carbocycles. The van der Waals surface area contributed by atoms with Crippen molar-refractivity contribution in [3.05, 3.63) is 29.3 Å². The van der Waals surface area contributed by atoms with E-state index in [2.05, 4.69) is 11.6 Å². The third kappa shape index (κ3) is 6.79. The second-order valence-electron chi connectivity index (χ2n) is 5.99. The summed E-state index contributed by atoms with van der Waals surface area (Å²) in [5.41, 5.74) is 0. The summed E-state index contributed by atoms with van der Waals surface area (Å²) in [6, 6.07) is 6.16. The van der Waals surface area contributed by atoms with Crippen LogP contribution in [0.3, 0.4) is 0 Å². The molecule has 0 fully saturated rings. The molecule has 0 spiro atoms. The van der Waals surface area contributed by atoms with Crippen molar-refractivity contribution in [3.8, 4) is 0 Å². The molecule has 1 rings (SSSR count). The Balaban J connectivity index is 2.56. The van der Waals surface area contributed by atoms with Crippen LogP contribution in [0.1, 0.15) is 46.5 Å². The first-order valence-corrected chi connectivity index (χ1v) is 10.2. The van der Waals surface area contributed by atoms with Crippen LogP contribution in [0.5, 0.6) is 0 Å². The predicted molar refractivity (Wildman–Crippen MR) is 97.6 cm³/mol. The molecule has 5 nitrogen and oxygen atoms in total. The molecule has 0 radical (unpaired) electrons. The Bertz CT molecular complexity index is 632. The van der Waals surface area contributed by atoms with Crippen LogP contribution >= 0.6 is 11.6 Å². The molecule has 0 aliphatic heterocycles. The van der Waals surface area contributed by atoms with Gasteiger partial charge in [0.05, 0.1) is 4.90 Å². The van der Waals surface area contributed by atoms with E-state index in [4.69, 9.17) is 11.6 Å². The predicted octanol–water partition coefficient (Wildman–Crippen LogP) is 3.44. The average Bonchev–Trinajstić information content (AvgIpc) is 2.51. The second kappa shape index (κ2) is 10.0. The van der Waals surface area contributed by atoms with Crippen molar-refractivity contribution < 1.29 is 13.2 Å². The number of hydrogen-bond acceptors (Lipinski definition) is 3. The minimum Gasteiger partial charge on any atom is -0.340 e. The molecular formula is C17H27ClN2O3S. The van der Waals surface area contributed by atoms with Gasteiger partial charge in [0.1, 0.15) is 0 Å². The maximum absolute atomic E-state index is 12.3. The fourth-order valence-corrected chi connectivity index (χ4v) is 3.69. The molecule has 0 unspecified atom stereocenters. The maximum Gasteiger partial charge on any atom is 0.240 e. The SMILES string of the molecule is CCCCCN(C(=O)CCNS(=O)(=O)c1cccc(Cl)c1)C(C)C. The Labute approximate surface area is 150 Å². The Morgan fingerprint density at radius 3 is 2.58 bits per heavy atom. The summed E-state index contributed by atoms with van der Waals surface area (Å²) >= 11 is 5.82. The molecule has 0 aliphatic carbocycles. The van der Waals surface area contributed by atoms with E-state index in [1.165, 1.54) is 12.1 Å². The highest BCUT2D eigenvalue weighted by Crippen LogP contribution is 2.15. The fourth-order valence-electron chi connectivity index (χ4n) is 2.36. The number of hydrogen-bond donors (Lipinski definition) is 1. The number of carbonyl (C=O) groups is 1. The lowest BCUT2D eigenvalue weighted by atomic mass is 10.2. The van der Waals surface area contributed by atoms with Gasteiger partial charge in [-0.05, 0) is 38.5 Å². The smallest absolute Gasteiger partial charge is 0.240 e. The van der Waals surface area contributed by atoms with Crippen molar-refractivity contribution in [2.45, 2.75) is 57.4 Å². The van der Waals surface area contributed by atoms with E-state index in [1.807, 2.05) is 18.7 Å². The summed E-state index contributed by atoms with van der Waals surface area (Å²) in [7, 11) is -3.65. The van der Waals surface area contributed by atoms with Crippen molar-refractivity contribution in [2.75, 3.05) is 13.1 Å². The van der Waals surface area contributed by atoms with Gasteiger partial charge in [-0.1, -0.05) is 37.4 Å². The number of halogens is 1. The number of unbranched alkanes of at least 4 members (excludes halogenated alkanes) is 2. The minimum atomic E-state index is -3.65. The van der Waals surface area contributed by atoms with Crippen LogP contribution in [0.25, 0.3) is 0 Å². The minimum absolute atomic E-state index is 0.0325. The Hall–Kier alpha value is -1.11. The van der Waals surface area contributed by atoms with E-state index in [0.29, 0.717) is 11.6 Å². The summed E-state index contributed by atoms with van der Waals surface area (Å²) in [6.07, 6.45) is 3.29. The number of amides is 1. The maximum atomic E-state index is 12.3. The molecule has 24 heavy (non-hydrogen) atoms. The molecule has 136 valence electrons. The van der Waals surface area contributed by atoms with Gasteiger partial charge >= 0.3 is 0 Å². The Morgan fingerprint density at radius 2 is 2.00 bits per heavy atom. The summed E-state index contributed by atoms with van der Waals surface area (Å²) in [6.45, 7) is 6.85. The zero-order valence-corrected chi connectivity index (χ0v) is 16.2. The fraction of sp³-hybridized carbons (Fsp3) is 0.588. The molecule has 0 aliphatic rings. The van der Waals surface area contributed by atoms with E-state index in [1.54, 1.807) is 12.1 Å². The first-order valence-electron chi connectivity index (χ1n) is 8.32. The van der Waals surface area contributed by atoms with Gasteiger partial charge in [0.15, 0.2) is 0 Å². The quantitative estimate of drug-likeness (QED) is 0.638. The molecule has 1 amide bonds. The Morgan fingerprint density at radius 1 is 1.29 bits per heavy atom. The standard InChI is InChI=1S/C17H27ClN2O3S/c1-4-5-6-12-20(14(2)3)17(21)10-11-19-24(22,23)16-9-7-8-15(18)13-16/h7-9,13-14,19H,4-6,10-12H2,1-3H3. The third-order valence-corrected chi connectivity index (χ3v) is 5.38. The van der Waals surface area contributed by atoms with Crippen LogP contribution in [0.15, 0.2) is 29.2 Å². The summed E-state index contributed by atoms with van der Waals surface area (Å²) in [5.74, 6) is -0.0325. The van der Waals surface area contributed by atoms with Gasteiger partial charge < -0.3 is 4.90 Å². The molecular weight excluding hydrogens is 348 g/mol. The number of sulfonamides is 1. The molecule has 0 heterocycles. The van der Waals surface area contributed by atoms with Crippen LogP contribution in [0.2, 0.25) is 5.02 Å². The molecule has 1 aromatic rings. The second-order valence-corrected chi connectivity index (χ2v) is 8.20. The lowest BCUT2D eigenvalue weighted by Gasteiger charge is -2.27. The third-order valence-electron chi connectivity index (χ3n) is 3.68. The van der Waals surface area contributed by atoms with E-state index < -0.39 is 10.0 Å². The highest BCUT2D eigenvalue weighted by molar-refractivity contribution is 7.89. The summed E-state index contributed by atoms with van der Waals surface area (Å²) in [5, 5.41) is 0.357. The Kier molecular flexibility index (Phi) is 8.73. The molecule has 0 aromatic heterocycles. The van der Waals surface area contributed by atoms with Crippen LogP contribution in [-0.4, -0.2) is 38.4 Å². The van der Waals surface area contributed by atoms with Crippen molar-refractivity contribution in [1.82, 2.24) is 9.62 Å². The van der Waals surface area contributed by atoms with E-state index in [9.17, 15) is 13.2 Å². The molecule has 7 heteroatoms. The van der Waals surface area contributed by atoms with Gasteiger partial charge in [0.2, 0.25) is 15.9 Å². The van der Waals surface area contributed by atoms with Crippen LogP contribution in [-0.2, 0) is 14.8 Å². The average molecular weight is 375 g/mol. The summed E-state index contributed by atoms with van der Waals surface area (Å²) in [4.78, 5) is 14.2. The van der Waals surface area contributed by atoms with Crippen molar-refractivity contribution >= 4 is 27.5 Å². The molecule has 1 N–H and O–H groups in total. The first kappa shape index (κ1) is 20.9. The molecule has 0 atom stereocenters. The molecule has 1 aromatic carbocycles. The zero-order chi connectivity index (χ0) is 18.2. The van der Waals surface area contributed by atoms with E-state index in [0.717, 1.165) is 19.3 Å². The van der Waals surface area contributed by atoms with Gasteiger partial charge in [-0.3, -0.25) is 4.79 Å². The monoisotopic (exact) mass is 374 g/mol. The van der Waals surface area contributed by atoms with Gasteiger partial charge in [-0.2, -0.15) is 0 Å². The van der Waals surface area contributed by atoms with Crippen LogP contribution < -0.4 is 4.72 Å². The molecule has 0 bridgehead atoms. The highest BCUT2D eigenvalue weighted by atomic mass is 35.5. The van der Waals surface area contributed by atoms with E-state index in [-0.39, 0.29) is 29.8 Å². The van der Waals surface area contributed by atoms with Crippen molar-refractivity contribution in [3.63, 3.8) is 0 Å². The number of nitrogens with zero attached hydrogens (tertiary/aromatic N) is 1. The number of rotatable bonds is 10. The van der Waals surface area contributed by atoms with Crippen LogP contribution in [0, 0.1) is 0 Å². The van der Waals surface area contributed by atoms with Gasteiger partial charge in [0.25, 0.3) is 0 Å². The van der Waals surface area contributed by atoms with Gasteiger partial charge in [-0.15, -0.1) is 0 Å². The van der Waals surface area contributed by atoms with Gasteiger partial charge in [0, 0.05) is 30.6 Å².